The van der Waals surface area contributed by atoms with Gasteiger partial charge in [0.15, 0.2) is 5.78 Å². The molecule has 2 aromatic rings. The molecule has 0 bridgehead atoms. The lowest BCUT2D eigenvalue weighted by molar-refractivity contribution is 0.0808. The number of benzene rings is 2. The number of carbonyl (C=O) groups excluding carboxylic acids is 1. The lowest BCUT2D eigenvalue weighted by atomic mass is 9.89. The third-order valence-corrected chi connectivity index (χ3v) is 5.38. The molecule has 0 amide bonds. The number of methoxy groups -OCH3 is 2. The molecule has 1 heterocycles. The Morgan fingerprint density at radius 3 is 2.67 bits per heavy atom. The van der Waals surface area contributed by atoms with Gasteiger partial charge in [-0.05, 0) is 49.2 Å². The van der Waals surface area contributed by atoms with Gasteiger partial charge in [-0.3, -0.25) is 9.69 Å². The van der Waals surface area contributed by atoms with Crippen LogP contribution in [0.15, 0.2) is 42.5 Å². The highest BCUT2D eigenvalue weighted by Gasteiger charge is 2.28. The summed E-state index contributed by atoms with van der Waals surface area (Å²) in [6, 6.07) is 13.6. The van der Waals surface area contributed by atoms with E-state index in [1.54, 1.807) is 32.4 Å². The molecule has 30 heavy (non-hydrogen) atoms. The molecule has 0 spiro atoms. The highest BCUT2D eigenvalue weighted by Crippen LogP contribution is 2.30. The van der Waals surface area contributed by atoms with Crippen LogP contribution in [0.5, 0.6) is 11.5 Å². The van der Waals surface area contributed by atoms with Crippen molar-refractivity contribution in [1.29, 1.82) is 0 Å². The summed E-state index contributed by atoms with van der Waals surface area (Å²) in [5.41, 5.74) is 2.78. The first kappa shape index (κ1) is 21.9. The Labute approximate surface area is 178 Å². The van der Waals surface area contributed by atoms with Crippen molar-refractivity contribution in [3.05, 3.63) is 59.2 Å². The van der Waals surface area contributed by atoms with Gasteiger partial charge in [0.25, 0.3) is 0 Å². The van der Waals surface area contributed by atoms with Crippen LogP contribution in [0, 0.1) is 17.8 Å². The van der Waals surface area contributed by atoms with E-state index in [9.17, 15) is 4.79 Å². The Morgan fingerprint density at radius 1 is 1.17 bits per heavy atom. The molecular formula is C25H29NO4. The highest BCUT2D eigenvalue weighted by atomic mass is 16.5. The first-order chi connectivity index (χ1) is 14.6. The maximum Gasteiger partial charge on any atom is 0.170 e. The number of aliphatic hydroxyl groups excluding tert-OH is 1. The summed E-state index contributed by atoms with van der Waals surface area (Å²) in [5.74, 6) is 7.32. The number of likely N-dealkylation sites (tertiary alicyclic amines) is 1. The topological polar surface area (TPSA) is 59.0 Å². The van der Waals surface area contributed by atoms with E-state index >= 15 is 0 Å². The van der Waals surface area contributed by atoms with E-state index in [0.717, 1.165) is 38.0 Å². The fourth-order valence-electron chi connectivity index (χ4n) is 3.81. The van der Waals surface area contributed by atoms with Crippen molar-refractivity contribution < 1.29 is 19.4 Å². The molecule has 0 saturated carbocycles. The van der Waals surface area contributed by atoms with Crippen molar-refractivity contribution in [3.63, 3.8) is 0 Å². The van der Waals surface area contributed by atoms with E-state index in [1.165, 1.54) is 5.56 Å². The zero-order valence-corrected chi connectivity index (χ0v) is 17.7. The van der Waals surface area contributed by atoms with E-state index in [-0.39, 0.29) is 18.3 Å². The van der Waals surface area contributed by atoms with Crippen molar-refractivity contribution in [3.8, 4) is 23.3 Å². The SMILES string of the molecule is COc1ccc(C(=O)[C@H]2CCCN(Cc3ccc(C#CCCO)cc3)C2)c(OC)c1. The minimum absolute atomic E-state index is 0.0373. The summed E-state index contributed by atoms with van der Waals surface area (Å²) in [6.07, 6.45) is 2.38. The van der Waals surface area contributed by atoms with Gasteiger partial charge in [0, 0.05) is 37.1 Å². The van der Waals surface area contributed by atoms with Crippen LogP contribution in [0.3, 0.4) is 0 Å². The monoisotopic (exact) mass is 407 g/mol. The third-order valence-electron chi connectivity index (χ3n) is 5.38. The van der Waals surface area contributed by atoms with Gasteiger partial charge < -0.3 is 14.6 Å². The molecule has 1 saturated heterocycles. The van der Waals surface area contributed by atoms with E-state index in [2.05, 4.69) is 28.9 Å². The number of ether oxygens (including phenoxy) is 2. The van der Waals surface area contributed by atoms with Gasteiger partial charge in [-0.2, -0.15) is 0 Å². The number of ketones is 1. The second kappa shape index (κ2) is 10.8. The Bertz CT molecular complexity index is 911. The molecule has 0 aromatic heterocycles. The molecule has 1 N–H and O–H groups in total. The normalized spacial score (nSPS) is 16.4. The van der Waals surface area contributed by atoms with E-state index in [1.807, 2.05) is 12.1 Å². The predicted molar refractivity (Wildman–Crippen MR) is 117 cm³/mol. The molecule has 1 aliphatic heterocycles. The number of piperidine rings is 1. The van der Waals surface area contributed by atoms with Crippen LogP contribution in [-0.4, -0.2) is 49.7 Å². The van der Waals surface area contributed by atoms with Crippen LogP contribution in [-0.2, 0) is 6.54 Å². The van der Waals surface area contributed by atoms with E-state index in [0.29, 0.717) is 23.5 Å². The van der Waals surface area contributed by atoms with E-state index < -0.39 is 0 Å². The standard InChI is InChI=1S/C25H29NO4/c1-29-22-12-13-23(24(16-22)30-2)25(28)21-7-5-14-26(18-21)17-20-10-8-19(9-11-20)6-3-4-15-27/h8-13,16,21,27H,4-5,7,14-15,17-18H2,1-2H3/t21-/m0/s1. The van der Waals surface area contributed by atoms with Crippen LogP contribution in [0.4, 0.5) is 0 Å². The Kier molecular flexibility index (Phi) is 7.89. The fraction of sp³-hybridized carbons (Fsp3) is 0.400. The zero-order chi connectivity index (χ0) is 21.3. The molecule has 158 valence electrons. The average Bonchev–Trinajstić information content (AvgIpc) is 2.79. The molecule has 0 unspecified atom stereocenters. The maximum absolute atomic E-state index is 13.2. The van der Waals surface area contributed by atoms with Gasteiger partial charge >= 0.3 is 0 Å². The van der Waals surface area contributed by atoms with Crippen LogP contribution in [0.2, 0.25) is 0 Å². The van der Waals surface area contributed by atoms with Gasteiger partial charge in [0.05, 0.1) is 26.4 Å². The molecular weight excluding hydrogens is 378 g/mol. The number of rotatable bonds is 7. The Hall–Kier alpha value is -2.81. The van der Waals surface area contributed by atoms with Gasteiger partial charge in [0.2, 0.25) is 0 Å². The lowest BCUT2D eigenvalue weighted by Gasteiger charge is -2.32. The number of hydrogen-bond acceptors (Lipinski definition) is 5. The van der Waals surface area contributed by atoms with Crippen LogP contribution >= 0.6 is 0 Å². The maximum atomic E-state index is 13.2. The Balaban J connectivity index is 1.64. The Morgan fingerprint density at radius 2 is 1.97 bits per heavy atom. The average molecular weight is 408 g/mol. The summed E-state index contributed by atoms with van der Waals surface area (Å²) in [6.45, 7) is 2.63. The summed E-state index contributed by atoms with van der Waals surface area (Å²) >= 11 is 0. The molecule has 1 fully saturated rings. The molecule has 1 atom stereocenters. The summed E-state index contributed by atoms with van der Waals surface area (Å²) < 4.78 is 10.7. The first-order valence-corrected chi connectivity index (χ1v) is 10.3. The van der Waals surface area contributed by atoms with Gasteiger partial charge in [-0.1, -0.05) is 24.0 Å². The molecule has 3 rings (SSSR count). The van der Waals surface area contributed by atoms with Gasteiger partial charge in [0.1, 0.15) is 11.5 Å². The van der Waals surface area contributed by atoms with Crippen molar-refractivity contribution >= 4 is 5.78 Å². The number of nitrogens with zero attached hydrogens (tertiary/aromatic N) is 1. The molecule has 2 aromatic carbocycles. The second-order valence-electron chi connectivity index (χ2n) is 7.48. The highest BCUT2D eigenvalue weighted by molar-refractivity contribution is 6.00. The number of carbonyl (C=O) groups is 1. The van der Waals surface area contributed by atoms with Crippen molar-refractivity contribution in [1.82, 2.24) is 4.90 Å². The smallest absolute Gasteiger partial charge is 0.170 e. The summed E-state index contributed by atoms with van der Waals surface area (Å²) in [7, 11) is 3.18. The molecule has 0 aliphatic carbocycles. The summed E-state index contributed by atoms with van der Waals surface area (Å²) in [5, 5.41) is 8.81. The quantitative estimate of drug-likeness (QED) is 0.562. The lowest BCUT2D eigenvalue weighted by Crippen LogP contribution is -2.38. The summed E-state index contributed by atoms with van der Waals surface area (Å²) in [4.78, 5) is 15.5. The fourth-order valence-corrected chi connectivity index (χ4v) is 3.81. The molecule has 5 heteroatoms. The van der Waals surface area contributed by atoms with Gasteiger partial charge in [-0.15, -0.1) is 0 Å². The largest absolute Gasteiger partial charge is 0.497 e. The molecule has 0 radical (unpaired) electrons. The van der Waals surface area contributed by atoms with Crippen molar-refractivity contribution in [2.45, 2.75) is 25.8 Å². The first-order valence-electron chi connectivity index (χ1n) is 10.3. The number of aliphatic hydroxyl groups is 1. The zero-order valence-electron chi connectivity index (χ0n) is 17.7. The van der Waals surface area contributed by atoms with Crippen LogP contribution < -0.4 is 9.47 Å². The van der Waals surface area contributed by atoms with Crippen molar-refractivity contribution in [2.24, 2.45) is 5.92 Å². The van der Waals surface area contributed by atoms with Crippen LogP contribution in [0.25, 0.3) is 0 Å². The predicted octanol–water partition coefficient (Wildman–Crippen LogP) is 3.53. The van der Waals surface area contributed by atoms with Crippen LogP contribution in [0.1, 0.15) is 40.7 Å². The van der Waals surface area contributed by atoms with E-state index in [4.69, 9.17) is 14.6 Å². The van der Waals surface area contributed by atoms with Crippen molar-refractivity contribution in [2.75, 3.05) is 33.9 Å². The molecule has 5 nitrogen and oxygen atoms in total. The minimum Gasteiger partial charge on any atom is -0.497 e. The minimum atomic E-state index is -0.0373. The number of Topliss-reactive ketones (excluding diaryl/α,β-unsaturated/α-hetero) is 1. The third kappa shape index (κ3) is 5.63. The van der Waals surface area contributed by atoms with Gasteiger partial charge in [-0.25, -0.2) is 0 Å². The second-order valence-corrected chi connectivity index (χ2v) is 7.48. The number of hydrogen-bond donors (Lipinski definition) is 1. The molecule has 1 aliphatic rings.